The monoisotopic (exact) mass is 216 g/mol. The molecule has 0 aliphatic carbocycles. The number of rotatable bonds is 1. The molecule has 0 atom stereocenters. The minimum Gasteiger partial charge on any atom is -0.341 e. The maximum atomic E-state index is 4.29. The summed E-state index contributed by atoms with van der Waals surface area (Å²) in [4.78, 5) is 16.7. The smallest absolute Gasteiger partial charge is 0.181 e. The van der Waals surface area contributed by atoms with Crippen LogP contribution in [0, 0.1) is 6.92 Å². The lowest BCUT2D eigenvalue weighted by molar-refractivity contribution is 1.21. The van der Waals surface area contributed by atoms with E-state index in [-0.39, 0.29) is 0 Å². The van der Waals surface area contributed by atoms with Gasteiger partial charge in [-0.3, -0.25) is 0 Å². The third kappa shape index (κ3) is 1.32. The van der Waals surface area contributed by atoms with Crippen LogP contribution < -0.4 is 0 Å². The first kappa shape index (κ1) is 8.55. The zero-order valence-corrected chi connectivity index (χ0v) is 8.88. The van der Waals surface area contributed by atoms with Gasteiger partial charge < -0.3 is 4.98 Å². The summed E-state index contributed by atoms with van der Waals surface area (Å²) in [6.45, 7) is 2.07. The van der Waals surface area contributed by atoms with E-state index in [0.29, 0.717) is 5.65 Å². The lowest BCUT2D eigenvalue weighted by Gasteiger charge is -1.96. The highest BCUT2D eigenvalue weighted by Crippen LogP contribution is 2.28. The molecule has 3 aromatic heterocycles. The molecule has 0 bridgehead atoms. The largest absolute Gasteiger partial charge is 0.341 e. The minimum atomic E-state index is 0.714. The Morgan fingerprint density at radius 1 is 1.27 bits per heavy atom. The number of aromatic amines is 1. The molecule has 15 heavy (non-hydrogen) atoms. The number of hydrogen-bond acceptors (Lipinski definition) is 4. The Kier molecular flexibility index (Phi) is 1.78. The second-order valence-corrected chi connectivity index (χ2v) is 4.22. The molecule has 0 aliphatic heterocycles. The number of fused-ring (bicyclic) bond motifs is 1. The van der Waals surface area contributed by atoms with Crippen molar-refractivity contribution in [1.29, 1.82) is 0 Å². The summed E-state index contributed by atoms with van der Waals surface area (Å²) in [7, 11) is 0. The molecule has 3 aromatic rings. The van der Waals surface area contributed by atoms with Crippen molar-refractivity contribution in [2.45, 2.75) is 6.92 Å². The Hall–Kier alpha value is -1.75. The minimum absolute atomic E-state index is 0.714. The summed E-state index contributed by atoms with van der Waals surface area (Å²) in [5.74, 6) is 0. The number of imidazole rings is 1. The van der Waals surface area contributed by atoms with Crippen LogP contribution in [-0.2, 0) is 0 Å². The van der Waals surface area contributed by atoms with Gasteiger partial charge in [-0.2, -0.15) is 0 Å². The molecule has 1 N–H and O–H groups in total. The summed E-state index contributed by atoms with van der Waals surface area (Å²) in [5, 5.41) is 2.11. The summed E-state index contributed by atoms with van der Waals surface area (Å²) >= 11 is 1.68. The Bertz CT molecular complexity index is 610. The molecule has 0 aliphatic rings. The fourth-order valence-corrected chi connectivity index (χ4v) is 2.41. The first-order chi connectivity index (χ1) is 7.34. The van der Waals surface area contributed by atoms with Crippen LogP contribution in [-0.4, -0.2) is 19.9 Å². The molecule has 5 heteroatoms. The maximum Gasteiger partial charge on any atom is 0.181 e. The molecular formula is C10H8N4S. The molecule has 0 aromatic carbocycles. The standard InChI is InChI=1S/C10H8N4S/c1-6-2-7(15-3-6)8-9-10(13-4-11-8)14-5-12-9/h2-5H,1H3,(H,11,12,13,14). The number of thiophene rings is 1. The van der Waals surface area contributed by atoms with Crippen LogP contribution >= 0.6 is 11.3 Å². The van der Waals surface area contributed by atoms with Crippen molar-refractivity contribution in [2.24, 2.45) is 0 Å². The molecule has 0 amide bonds. The van der Waals surface area contributed by atoms with Crippen LogP contribution in [0.5, 0.6) is 0 Å². The fraction of sp³-hybridized carbons (Fsp3) is 0.100. The summed E-state index contributed by atoms with van der Waals surface area (Å²) < 4.78 is 0. The third-order valence-electron chi connectivity index (χ3n) is 2.19. The average Bonchev–Trinajstić information content (AvgIpc) is 2.84. The van der Waals surface area contributed by atoms with Crippen LogP contribution in [0.25, 0.3) is 21.7 Å². The topological polar surface area (TPSA) is 54.5 Å². The van der Waals surface area contributed by atoms with Crippen LogP contribution in [0.15, 0.2) is 24.1 Å². The van der Waals surface area contributed by atoms with Gasteiger partial charge in [0.2, 0.25) is 0 Å². The molecule has 3 rings (SSSR count). The average molecular weight is 216 g/mol. The van der Waals surface area contributed by atoms with Crippen molar-refractivity contribution in [2.75, 3.05) is 0 Å². The first-order valence-corrected chi connectivity index (χ1v) is 5.42. The molecule has 74 valence electrons. The number of nitrogens with zero attached hydrogens (tertiary/aromatic N) is 3. The quantitative estimate of drug-likeness (QED) is 0.679. The Morgan fingerprint density at radius 2 is 2.20 bits per heavy atom. The van der Waals surface area contributed by atoms with Gasteiger partial charge >= 0.3 is 0 Å². The lowest BCUT2D eigenvalue weighted by atomic mass is 10.2. The van der Waals surface area contributed by atoms with Crippen molar-refractivity contribution < 1.29 is 0 Å². The molecule has 0 unspecified atom stereocenters. The molecular weight excluding hydrogens is 208 g/mol. The predicted molar refractivity (Wildman–Crippen MR) is 59.7 cm³/mol. The van der Waals surface area contributed by atoms with Gasteiger partial charge in [0, 0.05) is 0 Å². The van der Waals surface area contributed by atoms with E-state index in [0.717, 1.165) is 16.1 Å². The van der Waals surface area contributed by atoms with Crippen LogP contribution in [0.3, 0.4) is 0 Å². The summed E-state index contributed by atoms with van der Waals surface area (Å²) in [6.07, 6.45) is 3.19. The second-order valence-electron chi connectivity index (χ2n) is 3.31. The van der Waals surface area contributed by atoms with E-state index in [2.05, 4.69) is 38.3 Å². The van der Waals surface area contributed by atoms with Crippen molar-refractivity contribution in [3.63, 3.8) is 0 Å². The molecule has 0 radical (unpaired) electrons. The van der Waals surface area contributed by atoms with Gasteiger partial charge in [0.25, 0.3) is 0 Å². The van der Waals surface area contributed by atoms with Crippen molar-refractivity contribution in [3.05, 3.63) is 29.7 Å². The number of H-pyrrole nitrogens is 1. The molecule has 0 spiro atoms. The number of hydrogen-bond donors (Lipinski definition) is 1. The van der Waals surface area contributed by atoms with E-state index in [1.165, 1.54) is 5.56 Å². The summed E-state index contributed by atoms with van der Waals surface area (Å²) in [5.41, 5.74) is 3.79. The molecule has 4 nitrogen and oxygen atoms in total. The van der Waals surface area contributed by atoms with E-state index >= 15 is 0 Å². The predicted octanol–water partition coefficient (Wildman–Crippen LogP) is 2.39. The van der Waals surface area contributed by atoms with Crippen molar-refractivity contribution >= 4 is 22.5 Å². The maximum absolute atomic E-state index is 4.29. The van der Waals surface area contributed by atoms with Gasteiger partial charge in [0.1, 0.15) is 17.5 Å². The highest BCUT2D eigenvalue weighted by atomic mass is 32.1. The number of aryl methyl sites for hydroxylation is 1. The van der Waals surface area contributed by atoms with Gasteiger partial charge in [-0.15, -0.1) is 11.3 Å². The molecule has 0 saturated heterocycles. The van der Waals surface area contributed by atoms with E-state index in [4.69, 9.17) is 0 Å². The van der Waals surface area contributed by atoms with Crippen molar-refractivity contribution in [1.82, 2.24) is 19.9 Å². The van der Waals surface area contributed by atoms with Gasteiger partial charge in [-0.05, 0) is 23.9 Å². The van der Waals surface area contributed by atoms with Gasteiger partial charge in [-0.1, -0.05) is 0 Å². The fourth-order valence-electron chi connectivity index (χ4n) is 1.51. The van der Waals surface area contributed by atoms with Gasteiger partial charge in [0.15, 0.2) is 5.65 Å². The first-order valence-electron chi connectivity index (χ1n) is 4.54. The van der Waals surface area contributed by atoms with Gasteiger partial charge in [0.05, 0.1) is 11.2 Å². The summed E-state index contributed by atoms with van der Waals surface area (Å²) in [6, 6.07) is 2.12. The van der Waals surface area contributed by atoms with E-state index < -0.39 is 0 Å². The van der Waals surface area contributed by atoms with Crippen molar-refractivity contribution in [3.8, 4) is 10.6 Å². The zero-order chi connectivity index (χ0) is 10.3. The highest BCUT2D eigenvalue weighted by molar-refractivity contribution is 7.13. The second kappa shape index (κ2) is 3.13. The molecule has 0 fully saturated rings. The van der Waals surface area contributed by atoms with E-state index in [1.807, 2.05) is 0 Å². The van der Waals surface area contributed by atoms with Gasteiger partial charge in [-0.25, -0.2) is 15.0 Å². The van der Waals surface area contributed by atoms with E-state index in [9.17, 15) is 0 Å². The Labute approximate surface area is 90.0 Å². The molecule has 3 heterocycles. The Morgan fingerprint density at radius 3 is 3.00 bits per heavy atom. The van der Waals surface area contributed by atoms with Crippen LogP contribution in [0.4, 0.5) is 0 Å². The normalized spacial score (nSPS) is 11.0. The number of aromatic nitrogens is 4. The number of nitrogens with one attached hydrogen (secondary N) is 1. The zero-order valence-electron chi connectivity index (χ0n) is 8.06. The van der Waals surface area contributed by atoms with Crippen LogP contribution in [0.1, 0.15) is 5.56 Å². The lowest BCUT2D eigenvalue weighted by Crippen LogP contribution is -1.85. The van der Waals surface area contributed by atoms with E-state index in [1.54, 1.807) is 24.0 Å². The Balaban J connectivity index is 2.30. The third-order valence-corrected chi connectivity index (χ3v) is 3.24. The SMILES string of the molecule is Cc1csc(-c2ncnc3nc[nH]c23)c1. The van der Waals surface area contributed by atoms with Crippen LogP contribution in [0.2, 0.25) is 0 Å². The highest BCUT2D eigenvalue weighted by Gasteiger charge is 2.09. The molecule has 0 saturated carbocycles.